The zero-order valence-electron chi connectivity index (χ0n) is 16.0. The molecule has 2 fully saturated rings. The average Bonchev–Trinajstić information content (AvgIpc) is 3.37. The fourth-order valence-electron chi connectivity index (χ4n) is 3.87. The van der Waals surface area contributed by atoms with Crippen LogP contribution in [0.5, 0.6) is 0 Å². The smallest absolute Gasteiger partial charge is 0.266 e. The molecule has 0 atom stereocenters. The van der Waals surface area contributed by atoms with Crippen LogP contribution in [-0.2, 0) is 10.0 Å². The van der Waals surface area contributed by atoms with E-state index in [9.17, 15) is 13.7 Å². The first kappa shape index (κ1) is 19.0. The predicted molar refractivity (Wildman–Crippen MR) is 102 cm³/mol. The van der Waals surface area contributed by atoms with Gasteiger partial charge < -0.3 is 13.7 Å². The van der Waals surface area contributed by atoms with Crippen LogP contribution < -0.4 is 4.90 Å². The number of anilines is 1. The van der Waals surface area contributed by atoms with Crippen LogP contribution in [0.2, 0.25) is 0 Å². The van der Waals surface area contributed by atoms with Crippen LogP contribution in [-0.4, -0.2) is 43.9 Å². The van der Waals surface area contributed by atoms with Gasteiger partial charge in [-0.1, -0.05) is 12.8 Å². The predicted octanol–water partition coefficient (Wildman–Crippen LogP) is 3.28. The lowest BCUT2D eigenvalue weighted by molar-refractivity contribution is 0.421. The van der Waals surface area contributed by atoms with E-state index < -0.39 is 10.0 Å². The van der Waals surface area contributed by atoms with E-state index >= 15 is 0 Å². The van der Waals surface area contributed by atoms with Gasteiger partial charge in [0.15, 0.2) is 5.76 Å². The van der Waals surface area contributed by atoms with E-state index in [0.29, 0.717) is 24.7 Å². The first-order valence-electron chi connectivity index (χ1n) is 9.77. The molecule has 4 heterocycles. The molecule has 150 valence electrons. The van der Waals surface area contributed by atoms with Crippen LogP contribution in [0.15, 0.2) is 19.8 Å². The molecule has 2 aliphatic heterocycles. The second-order valence-electron chi connectivity index (χ2n) is 7.33. The zero-order chi connectivity index (χ0) is 19.7. The molecule has 2 aromatic rings. The number of sulfonamides is 1. The van der Waals surface area contributed by atoms with Crippen molar-refractivity contribution in [2.45, 2.75) is 50.3 Å². The molecule has 2 saturated heterocycles. The summed E-state index contributed by atoms with van der Waals surface area (Å²) in [5, 5.41) is 9.39. The molecule has 0 aromatic carbocycles. The largest absolute Gasteiger partial charge is 0.455 e. The molecule has 28 heavy (non-hydrogen) atoms. The van der Waals surface area contributed by atoms with Gasteiger partial charge in [-0.3, -0.25) is 0 Å². The van der Waals surface area contributed by atoms with Crippen molar-refractivity contribution in [3.63, 3.8) is 0 Å². The van der Waals surface area contributed by atoms with Crippen molar-refractivity contribution >= 4 is 15.9 Å². The second-order valence-corrected chi connectivity index (χ2v) is 9.23. The lowest BCUT2D eigenvalue weighted by Crippen LogP contribution is -2.32. The molecule has 0 radical (unpaired) electrons. The molecule has 0 N–H and O–H groups in total. The molecule has 0 bridgehead atoms. The number of oxazole rings is 1. The first-order chi connectivity index (χ1) is 13.5. The number of nitriles is 1. The minimum absolute atomic E-state index is 0.138. The molecule has 2 aromatic heterocycles. The van der Waals surface area contributed by atoms with Gasteiger partial charge in [-0.2, -0.15) is 14.6 Å². The van der Waals surface area contributed by atoms with Crippen molar-refractivity contribution in [2.75, 3.05) is 31.1 Å². The van der Waals surface area contributed by atoms with Gasteiger partial charge in [0.2, 0.25) is 21.6 Å². The van der Waals surface area contributed by atoms with Crippen molar-refractivity contribution in [1.82, 2.24) is 9.29 Å². The third kappa shape index (κ3) is 3.42. The van der Waals surface area contributed by atoms with E-state index in [2.05, 4.69) is 11.1 Å². The Morgan fingerprint density at radius 1 is 1.04 bits per heavy atom. The van der Waals surface area contributed by atoms with Crippen LogP contribution in [0.3, 0.4) is 0 Å². The Kier molecular flexibility index (Phi) is 5.17. The number of furan rings is 1. The Morgan fingerprint density at radius 3 is 2.32 bits per heavy atom. The normalized spacial score (nSPS) is 18.9. The summed E-state index contributed by atoms with van der Waals surface area (Å²) in [4.78, 5) is 6.36. The number of aryl methyl sites for hydroxylation is 1. The van der Waals surface area contributed by atoms with E-state index in [4.69, 9.17) is 8.83 Å². The van der Waals surface area contributed by atoms with E-state index in [0.717, 1.165) is 51.6 Å². The first-order valence-corrected chi connectivity index (χ1v) is 11.2. The molecule has 0 unspecified atom stereocenters. The fraction of sp³-hybridized carbons (Fsp3) is 0.579. The summed E-state index contributed by atoms with van der Waals surface area (Å²) < 4.78 is 39.2. The van der Waals surface area contributed by atoms with Gasteiger partial charge in [0, 0.05) is 32.2 Å². The number of hydrogen-bond acceptors (Lipinski definition) is 7. The highest BCUT2D eigenvalue weighted by molar-refractivity contribution is 7.89. The Labute approximate surface area is 164 Å². The van der Waals surface area contributed by atoms with E-state index in [-0.39, 0.29) is 22.2 Å². The summed E-state index contributed by atoms with van der Waals surface area (Å²) in [6.45, 7) is 4.31. The molecule has 0 aliphatic carbocycles. The summed E-state index contributed by atoms with van der Waals surface area (Å²) in [6.07, 6.45) is 5.92. The van der Waals surface area contributed by atoms with Gasteiger partial charge >= 0.3 is 0 Å². The number of nitrogens with zero attached hydrogens (tertiary/aromatic N) is 4. The molecule has 9 heteroatoms. The molecule has 8 nitrogen and oxygen atoms in total. The number of rotatable bonds is 4. The zero-order valence-corrected chi connectivity index (χ0v) is 16.8. The van der Waals surface area contributed by atoms with Crippen LogP contribution in [0.25, 0.3) is 11.7 Å². The molecular weight excluding hydrogens is 380 g/mol. The van der Waals surface area contributed by atoms with Gasteiger partial charge in [0.25, 0.3) is 5.89 Å². The Hall–Kier alpha value is -2.31. The maximum absolute atomic E-state index is 13.1. The third-order valence-corrected chi connectivity index (χ3v) is 7.38. The number of hydrogen-bond donors (Lipinski definition) is 0. The van der Waals surface area contributed by atoms with E-state index in [1.165, 1.54) is 10.4 Å². The summed E-state index contributed by atoms with van der Waals surface area (Å²) in [7, 11) is -3.63. The van der Waals surface area contributed by atoms with Crippen molar-refractivity contribution in [2.24, 2.45) is 0 Å². The highest BCUT2D eigenvalue weighted by atomic mass is 32.2. The Morgan fingerprint density at radius 2 is 1.68 bits per heavy atom. The van der Waals surface area contributed by atoms with Crippen LogP contribution in [0.4, 0.5) is 5.88 Å². The summed E-state index contributed by atoms with van der Waals surface area (Å²) in [6, 6.07) is 3.53. The summed E-state index contributed by atoms with van der Waals surface area (Å²) in [5.41, 5.74) is 0.197. The standard InChI is InChI=1S/C19H24N4O4S/c1-14-17(28(24,25)23-10-4-2-3-5-11-23)12-16(26-14)18-21-15(13-20)19(27-18)22-8-6-7-9-22/h12H,2-11H2,1H3. The van der Waals surface area contributed by atoms with Gasteiger partial charge in [0.1, 0.15) is 16.7 Å². The fourth-order valence-corrected chi connectivity index (χ4v) is 5.55. The van der Waals surface area contributed by atoms with Gasteiger partial charge in [-0.05, 0) is 32.6 Å². The molecule has 0 amide bonds. The summed E-state index contributed by atoms with van der Waals surface area (Å²) in [5.74, 6) is 1.10. The highest BCUT2D eigenvalue weighted by Gasteiger charge is 2.31. The highest BCUT2D eigenvalue weighted by Crippen LogP contribution is 2.34. The van der Waals surface area contributed by atoms with Crippen molar-refractivity contribution in [3.8, 4) is 17.7 Å². The molecular formula is C19H24N4O4S. The maximum atomic E-state index is 13.1. The van der Waals surface area contributed by atoms with Gasteiger partial charge in [0.05, 0.1) is 0 Å². The third-order valence-electron chi connectivity index (χ3n) is 5.37. The van der Waals surface area contributed by atoms with Gasteiger partial charge in [-0.25, -0.2) is 8.42 Å². The van der Waals surface area contributed by atoms with Crippen LogP contribution in [0, 0.1) is 18.3 Å². The van der Waals surface area contributed by atoms with E-state index in [1.807, 2.05) is 4.90 Å². The number of aromatic nitrogens is 1. The maximum Gasteiger partial charge on any atom is 0.266 e. The van der Waals surface area contributed by atoms with Crippen molar-refractivity contribution < 1.29 is 17.3 Å². The summed E-state index contributed by atoms with van der Waals surface area (Å²) >= 11 is 0. The Balaban J connectivity index is 1.67. The molecule has 4 rings (SSSR count). The quantitative estimate of drug-likeness (QED) is 0.770. The minimum atomic E-state index is -3.63. The lowest BCUT2D eigenvalue weighted by atomic mass is 10.2. The lowest BCUT2D eigenvalue weighted by Gasteiger charge is -2.19. The van der Waals surface area contributed by atoms with Crippen LogP contribution >= 0.6 is 0 Å². The minimum Gasteiger partial charge on any atom is -0.455 e. The average molecular weight is 404 g/mol. The second kappa shape index (κ2) is 7.60. The van der Waals surface area contributed by atoms with Gasteiger partial charge in [-0.15, -0.1) is 0 Å². The SMILES string of the molecule is Cc1oc(-c2nc(C#N)c(N3CCCC3)o2)cc1S(=O)(=O)N1CCCCCC1. The molecule has 0 saturated carbocycles. The van der Waals surface area contributed by atoms with Crippen LogP contribution in [0.1, 0.15) is 50.0 Å². The van der Waals surface area contributed by atoms with E-state index in [1.54, 1.807) is 6.92 Å². The topological polar surface area (TPSA) is 104 Å². The van der Waals surface area contributed by atoms with Crippen molar-refractivity contribution in [1.29, 1.82) is 5.26 Å². The molecule has 0 spiro atoms. The van der Waals surface area contributed by atoms with Crippen molar-refractivity contribution in [3.05, 3.63) is 17.5 Å². The molecule has 2 aliphatic rings. The Bertz CT molecular complexity index is 988. The monoisotopic (exact) mass is 404 g/mol.